The van der Waals surface area contributed by atoms with E-state index in [4.69, 9.17) is 16.7 Å². The molecule has 1 aliphatic rings. The van der Waals surface area contributed by atoms with Gasteiger partial charge in [0.1, 0.15) is 0 Å². The molecule has 0 unspecified atom stereocenters. The van der Waals surface area contributed by atoms with E-state index in [1.54, 1.807) is 6.08 Å². The summed E-state index contributed by atoms with van der Waals surface area (Å²) in [7, 11) is 0. The van der Waals surface area contributed by atoms with Gasteiger partial charge in [-0.15, -0.1) is 0 Å². The minimum absolute atomic E-state index is 0.0655. The summed E-state index contributed by atoms with van der Waals surface area (Å²) in [6, 6.07) is 0. The molecule has 0 atom stereocenters. The van der Waals surface area contributed by atoms with Gasteiger partial charge in [-0.25, -0.2) is 0 Å². The Morgan fingerprint density at radius 2 is 2.05 bits per heavy atom. The van der Waals surface area contributed by atoms with Gasteiger partial charge in [-0.3, -0.25) is 0 Å². The highest BCUT2D eigenvalue weighted by Gasteiger charge is 2.26. The van der Waals surface area contributed by atoms with E-state index in [-0.39, 0.29) is 12.0 Å². The second-order valence-corrected chi connectivity index (χ2v) is 6.74. The van der Waals surface area contributed by atoms with Crippen LogP contribution in [0.2, 0.25) is 0 Å². The monoisotopic (exact) mass is 306 g/mol. The molecular weight excluding hydrogens is 280 g/mol. The molecule has 0 aromatic heterocycles. The van der Waals surface area contributed by atoms with Crippen molar-refractivity contribution in [1.82, 2.24) is 0 Å². The molecule has 0 aromatic rings. The van der Waals surface area contributed by atoms with E-state index in [9.17, 15) is 0 Å². The van der Waals surface area contributed by atoms with Crippen molar-refractivity contribution < 1.29 is 5.11 Å². The zero-order valence-corrected chi connectivity index (χ0v) is 14.4. The highest BCUT2D eigenvalue weighted by Crippen LogP contribution is 2.40. The van der Waals surface area contributed by atoms with Crippen LogP contribution < -0.4 is 0 Å². The van der Waals surface area contributed by atoms with Crippen LogP contribution in [0.15, 0.2) is 58.2 Å². The molecule has 1 aliphatic carbocycles. The van der Waals surface area contributed by atoms with E-state index in [1.807, 2.05) is 31.2 Å². The zero-order chi connectivity index (χ0) is 15.9. The average Bonchev–Trinajstić information content (AvgIpc) is 2.37. The number of allylic oxidation sites excluding steroid dienone is 9. The van der Waals surface area contributed by atoms with Crippen LogP contribution in [0.5, 0.6) is 0 Å². The summed E-state index contributed by atoms with van der Waals surface area (Å²) in [6.07, 6.45) is 15.3. The largest absolute Gasteiger partial charge is 0.392 e. The van der Waals surface area contributed by atoms with Crippen LogP contribution in [0.4, 0.5) is 0 Å². The number of rotatable bonds is 5. The molecule has 0 saturated carbocycles. The summed E-state index contributed by atoms with van der Waals surface area (Å²) in [6.45, 7) is 8.84. The summed E-state index contributed by atoms with van der Waals surface area (Å²) < 4.78 is 0. The van der Waals surface area contributed by atoms with Crippen molar-refractivity contribution in [2.45, 2.75) is 47.0 Å². The first kappa shape index (κ1) is 18.0. The Hall–Kier alpha value is -1.05. The van der Waals surface area contributed by atoms with Gasteiger partial charge in [0.2, 0.25) is 0 Å². The van der Waals surface area contributed by atoms with Crippen LogP contribution in [0.3, 0.4) is 0 Å². The third kappa shape index (κ3) is 6.07. The molecule has 0 saturated heterocycles. The Kier molecular flexibility index (Phi) is 7.21. The number of halogens is 1. The second kappa shape index (κ2) is 8.41. The third-order valence-corrected chi connectivity index (χ3v) is 4.23. The smallest absolute Gasteiger partial charge is 0.0617 e. The third-order valence-electron chi connectivity index (χ3n) is 3.98. The molecule has 2 heteroatoms. The average molecular weight is 307 g/mol. The normalized spacial score (nSPS) is 20.9. The Morgan fingerprint density at radius 3 is 2.67 bits per heavy atom. The molecular formula is C19H27ClO. The first-order chi connectivity index (χ1) is 9.86. The van der Waals surface area contributed by atoms with E-state index in [1.165, 1.54) is 30.4 Å². The van der Waals surface area contributed by atoms with E-state index in [0.717, 1.165) is 5.57 Å². The van der Waals surface area contributed by atoms with Gasteiger partial charge < -0.3 is 5.11 Å². The Labute approximate surface area is 134 Å². The first-order valence-corrected chi connectivity index (χ1v) is 7.94. The van der Waals surface area contributed by atoms with Crippen LogP contribution in [0.1, 0.15) is 47.0 Å². The van der Waals surface area contributed by atoms with Crippen molar-refractivity contribution in [3.63, 3.8) is 0 Å². The molecule has 0 aromatic carbocycles. The number of aliphatic hydroxyl groups is 1. The fraction of sp³-hybridized carbons (Fsp3) is 0.474. The van der Waals surface area contributed by atoms with E-state index in [2.05, 4.69) is 26.8 Å². The van der Waals surface area contributed by atoms with Crippen LogP contribution in [0.25, 0.3) is 0 Å². The van der Waals surface area contributed by atoms with Crippen molar-refractivity contribution in [3.8, 4) is 0 Å². The lowest BCUT2D eigenvalue weighted by Gasteiger charge is -2.32. The summed E-state index contributed by atoms with van der Waals surface area (Å²) >= 11 is 6.23. The lowest BCUT2D eigenvalue weighted by Crippen LogP contribution is -2.18. The van der Waals surface area contributed by atoms with Gasteiger partial charge in [0.25, 0.3) is 0 Å². The van der Waals surface area contributed by atoms with Crippen molar-refractivity contribution >= 4 is 11.6 Å². The lowest BCUT2D eigenvalue weighted by atomic mass is 9.73. The van der Waals surface area contributed by atoms with E-state index < -0.39 is 0 Å². The molecule has 1 N–H and O–H groups in total. The number of hydrogen-bond acceptors (Lipinski definition) is 1. The van der Waals surface area contributed by atoms with Gasteiger partial charge in [0.15, 0.2) is 0 Å². The highest BCUT2D eigenvalue weighted by molar-refractivity contribution is 6.31. The summed E-state index contributed by atoms with van der Waals surface area (Å²) in [5.74, 6) is 0. The predicted octanol–water partition coefficient (Wildman–Crippen LogP) is 5.69. The Bertz CT molecular complexity index is 502. The standard InChI is InChI=1S/C19H27ClO/c1-15(12-14-21)7-5-9-17(20)10-11-18-16(2)8-6-13-19(18,3)4/h5,7,9-12,21H,6,8,13-14H2,1-4H3/b7-5+,11-10+,15-12+,17-9-. The highest BCUT2D eigenvalue weighted by atomic mass is 35.5. The topological polar surface area (TPSA) is 20.2 Å². The molecule has 0 bridgehead atoms. The maximum Gasteiger partial charge on any atom is 0.0617 e. The van der Waals surface area contributed by atoms with Crippen LogP contribution in [-0.4, -0.2) is 11.7 Å². The molecule has 0 heterocycles. The van der Waals surface area contributed by atoms with Crippen molar-refractivity contribution in [3.05, 3.63) is 58.2 Å². The van der Waals surface area contributed by atoms with Crippen molar-refractivity contribution in [2.24, 2.45) is 5.41 Å². The maximum absolute atomic E-state index is 8.78. The fourth-order valence-corrected chi connectivity index (χ4v) is 2.87. The molecule has 0 spiro atoms. The fourth-order valence-electron chi connectivity index (χ4n) is 2.73. The number of hydrogen-bond donors (Lipinski definition) is 1. The van der Waals surface area contributed by atoms with Gasteiger partial charge in [0.05, 0.1) is 6.61 Å². The van der Waals surface area contributed by atoms with Crippen LogP contribution in [-0.2, 0) is 0 Å². The molecule has 21 heavy (non-hydrogen) atoms. The van der Waals surface area contributed by atoms with E-state index >= 15 is 0 Å². The van der Waals surface area contributed by atoms with Gasteiger partial charge >= 0.3 is 0 Å². The van der Waals surface area contributed by atoms with Crippen molar-refractivity contribution in [2.75, 3.05) is 6.61 Å². The van der Waals surface area contributed by atoms with Gasteiger partial charge in [-0.1, -0.05) is 60.9 Å². The van der Waals surface area contributed by atoms with Gasteiger partial charge in [-0.2, -0.15) is 0 Å². The van der Waals surface area contributed by atoms with Gasteiger partial charge in [-0.05, 0) is 56.3 Å². The Balaban J connectivity index is 2.78. The molecule has 1 nitrogen and oxygen atoms in total. The minimum atomic E-state index is 0.0655. The van der Waals surface area contributed by atoms with Crippen molar-refractivity contribution in [1.29, 1.82) is 0 Å². The molecule has 1 rings (SSSR count). The molecule has 0 aliphatic heterocycles. The predicted molar refractivity (Wildman–Crippen MR) is 93.4 cm³/mol. The summed E-state index contributed by atoms with van der Waals surface area (Å²) in [5, 5.41) is 9.49. The van der Waals surface area contributed by atoms with E-state index in [0.29, 0.717) is 5.03 Å². The minimum Gasteiger partial charge on any atom is -0.392 e. The molecule has 0 amide bonds. The zero-order valence-electron chi connectivity index (χ0n) is 13.6. The lowest BCUT2D eigenvalue weighted by molar-refractivity contribution is 0.342. The molecule has 0 radical (unpaired) electrons. The molecule has 0 fully saturated rings. The van der Waals surface area contributed by atoms with Gasteiger partial charge in [0, 0.05) is 5.03 Å². The summed E-state index contributed by atoms with van der Waals surface area (Å²) in [4.78, 5) is 0. The maximum atomic E-state index is 8.78. The number of aliphatic hydroxyl groups excluding tert-OH is 1. The molecule has 116 valence electrons. The van der Waals surface area contributed by atoms with Crippen LogP contribution >= 0.6 is 11.6 Å². The SMILES string of the molecule is CC1=C(/C=C/C(Cl)=C/C=C/C(C)=C/CO)C(C)(C)CCC1. The summed E-state index contributed by atoms with van der Waals surface area (Å²) in [5.41, 5.74) is 4.16. The quantitative estimate of drug-likeness (QED) is 0.647. The Morgan fingerprint density at radius 1 is 1.33 bits per heavy atom. The first-order valence-electron chi connectivity index (χ1n) is 7.56. The van der Waals surface area contributed by atoms with Crippen LogP contribution in [0, 0.1) is 5.41 Å². The second-order valence-electron chi connectivity index (χ2n) is 6.31.